The van der Waals surface area contributed by atoms with Crippen molar-refractivity contribution in [3.63, 3.8) is 0 Å². The molecule has 0 bridgehead atoms. The van der Waals surface area contributed by atoms with Gasteiger partial charge in [-0.2, -0.15) is 0 Å². The average Bonchev–Trinajstić information content (AvgIpc) is 2.83. The molecule has 1 aromatic carbocycles. The van der Waals surface area contributed by atoms with Crippen LogP contribution in [0, 0.1) is 0 Å². The lowest BCUT2D eigenvalue weighted by atomic mass is 10.3. The molecule has 0 aliphatic rings. The first-order valence-electron chi connectivity index (χ1n) is 6.14. The van der Waals surface area contributed by atoms with E-state index < -0.39 is 10.0 Å². The number of nitrogens with one attached hydrogen (secondary N) is 1. The van der Waals surface area contributed by atoms with E-state index in [0.29, 0.717) is 15.8 Å². The largest absolute Gasteiger partial charge is 0.493 e. The van der Waals surface area contributed by atoms with Crippen LogP contribution in [0.1, 0.15) is 0 Å². The molecule has 0 radical (unpaired) electrons. The van der Waals surface area contributed by atoms with Crippen LogP contribution in [0.4, 0.5) is 0 Å². The van der Waals surface area contributed by atoms with E-state index in [1.54, 1.807) is 18.2 Å². The summed E-state index contributed by atoms with van der Waals surface area (Å²) < 4.78 is 37.6. The summed E-state index contributed by atoms with van der Waals surface area (Å²) >= 11 is 12.6. The highest BCUT2D eigenvalue weighted by atomic mass is 35.5. The van der Waals surface area contributed by atoms with Crippen LogP contribution in [0.3, 0.4) is 0 Å². The van der Waals surface area contributed by atoms with Crippen molar-refractivity contribution in [3.8, 4) is 11.5 Å². The quantitative estimate of drug-likeness (QED) is 0.746. The zero-order valence-electron chi connectivity index (χ0n) is 11.5. The number of sulfonamides is 1. The molecule has 120 valence electrons. The number of para-hydroxylation sites is 2. The van der Waals surface area contributed by atoms with Gasteiger partial charge < -0.3 is 9.47 Å². The number of hydrogen-bond acceptors (Lipinski definition) is 5. The maximum atomic E-state index is 12.1. The molecule has 0 saturated heterocycles. The van der Waals surface area contributed by atoms with Crippen LogP contribution in [0.2, 0.25) is 8.67 Å². The predicted octanol–water partition coefficient (Wildman–Crippen LogP) is 3.42. The zero-order chi connectivity index (χ0) is 16.2. The smallest absolute Gasteiger partial charge is 0.243 e. The Bertz CT molecular complexity index is 746. The molecule has 1 heterocycles. The summed E-state index contributed by atoms with van der Waals surface area (Å²) in [6, 6.07) is 8.43. The van der Waals surface area contributed by atoms with Gasteiger partial charge in [0.05, 0.1) is 11.4 Å². The van der Waals surface area contributed by atoms with E-state index in [9.17, 15) is 8.42 Å². The molecular formula is C13H13Cl2NO4S2. The van der Waals surface area contributed by atoms with Gasteiger partial charge in [0.25, 0.3) is 0 Å². The summed E-state index contributed by atoms with van der Waals surface area (Å²) in [7, 11) is -2.17. The minimum atomic E-state index is -3.71. The van der Waals surface area contributed by atoms with E-state index in [1.807, 2.05) is 6.07 Å². The van der Waals surface area contributed by atoms with Crippen LogP contribution in [-0.4, -0.2) is 28.7 Å². The third-order valence-electron chi connectivity index (χ3n) is 2.64. The Labute approximate surface area is 142 Å². The molecule has 1 aromatic heterocycles. The van der Waals surface area contributed by atoms with Gasteiger partial charge in [-0.1, -0.05) is 35.3 Å². The number of halogens is 2. The number of ether oxygens (including phenoxy) is 2. The molecule has 22 heavy (non-hydrogen) atoms. The molecule has 0 aliphatic carbocycles. The summed E-state index contributed by atoms with van der Waals surface area (Å²) in [6.45, 7) is 0.235. The van der Waals surface area contributed by atoms with E-state index in [1.165, 1.54) is 13.2 Å². The van der Waals surface area contributed by atoms with Crippen molar-refractivity contribution >= 4 is 44.6 Å². The van der Waals surface area contributed by atoms with Crippen molar-refractivity contribution < 1.29 is 17.9 Å². The Morgan fingerprint density at radius 2 is 1.91 bits per heavy atom. The van der Waals surface area contributed by atoms with Crippen LogP contribution >= 0.6 is 34.5 Å². The number of hydrogen-bond donors (Lipinski definition) is 1. The van der Waals surface area contributed by atoms with E-state index in [4.69, 9.17) is 32.7 Å². The van der Waals surface area contributed by atoms with Crippen LogP contribution in [0.25, 0.3) is 0 Å². The molecule has 2 aromatic rings. The summed E-state index contributed by atoms with van der Waals surface area (Å²) in [5, 5.41) is 0. The number of benzene rings is 1. The molecule has 0 fully saturated rings. The highest BCUT2D eigenvalue weighted by Crippen LogP contribution is 2.34. The Morgan fingerprint density at radius 1 is 1.23 bits per heavy atom. The Morgan fingerprint density at radius 3 is 2.50 bits per heavy atom. The van der Waals surface area contributed by atoms with Crippen molar-refractivity contribution in [1.82, 2.24) is 4.72 Å². The monoisotopic (exact) mass is 381 g/mol. The maximum Gasteiger partial charge on any atom is 0.243 e. The van der Waals surface area contributed by atoms with Gasteiger partial charge >= 0.3 is 0 Å². The van der Waals surface area contributed by atoms with E-state index in [-0.39, 0.29) is 22.4 Å². The second kappa shape index (κ2) is 7.52. The highest BCUT2D eigenvalue weighted by Gasteiger charge is 2.20. The molecule has 9 heteroatoms. The van der Waals surface area contributed by atoms with Crippen molar-refractivity contribution in [2.45, 2.75) is 4.90 Å². The molecule has 2 rings (SSSR count). The Balaban J connectivity index is 1.92. The summed E-state index contributed by atoms with van der Waals surface area (Å²) in [6.07, 6.45) is 0. The fourth-order valence-electron chi connectivity index (χ4n) is 1.66. The highest BCUT2D eigenvalue weighted by molar-refractivity contribution is 7.89. The number of methoxy groups -OCH3 is 1. The van der Waals surface area contributed by atoms with Gasteiger partial charge in [0.1, 0.15) is 15.8 Å². The fraction of sp³-hybridized carbons (Fsp3) is 0.231. The fourth-order valence-corrected chi connectivity index (χ4v) is 4.82. The minimum Gasteiger partial charge on any atom is -0.493 e. The third-order valence-corrected chi connectivity index (χ3v) is 5.85. The molecule has 0 saturated carbocycles. The topological polar surface area (TPSA) is 64.6 Å². The zero-order valence-corrected chi connectivity index (χ0v) is 14.7. The lowest BCUT2D eigenvalue weighted by Crippen LogP contribution is -2.28. The van der Waals surface area contributed by atoms with Gasteiger partial charge in [0, 0.05) is 6.54 Å². The Hall–Kier alpha value is -0.990. The number of thiophene rings is 1. The molecule has 1 N–H and O–H groups in total. The van der Waals surface area contributed by atoms with Gasteiger partial charge in [-0.25, -0.2) is 13.1 Å². The van der Waals surface area contributed by atoms with Crippen molar-refractivity contribution in [3.05, 3.63) is 39.0 Å². The molecule has 0 atom stereocenters. The first-order valence-corrected chi connectivity index (χ1v) is 9.20. The van der Waals surface area contributed by atoms with Gasteiger partial charge in [-0.05, 0) is 18.2 Å². The molecule has 0 aliphatic heterocycles. The third kappa shape index (κ3) is 4.27. The normalized spacial score (nSPS) is 11.4. The van der Waals surface area contributed by atoms with Gasteiger partial charge in [-0.15, -0.1) is 11.3 Å². The van der Waals surface area contributed by atoms with E-state index >= 15 is 0 Å². The van der Waals surface area contributed by atoms with Gasteiger partial charge in [0.2, 0.25) is 10.0 Å². The predicted molar refractivity (Wildman–Crippen MR) is 88.0 cm³/mol. The lowest BCUT2D eigenvalue weighted by molar-refractivity contribution is 0.299. The van der Waals surface area contributed by atoms with Crippen LogP contribution in [-0.2, 0) is 10.0 Å². The van der Waals surface area contributed by atoms with Gasteiger partial charge in [0.15, 0.2) is 11.5 Å². The molecule has 0 unspecified atom stereocenters. The van der Waals surface area contributed by atoms with Crippen molar-refractivity contribution in [2.75, 3.05) is 20.3 Å². The minimum absolute atomic E-state index is 0.0264. The van der Waals surface area contributed by atoms with E-state index in [0.717, 1.165) is 11.3 Å². The van der Waals surface area contributed by atoms with Crippen LogP contribution in [0.15, 0.2) is 35.2 Å². The van der Waals surface area contributed by atoms with E-state index in [2.05, 4.69) is 4.72 Å². The Kier molecular flexibility index (Phi) is 5.94. The summed E-state index contributed by atoms with van der Waals surface area (Å²) in [4.78, 5) is -0.0264. The second-order valence-electron chi connectivity index (χ2n) is 4.09. The average molecular weight is 382 g/mol. The first kappa shape index (κ1) is 17.4. The summed E-state index contributed by atoms with van der Waals surface area (Å²) in [5.41, 5.74) is 0. The molecule has 5 nitrogen and oxygen atoms in total. The molecule has 0 spiro atoms. The maximum absolute atomic E-state index is 12.1. The second-order valence-corrected chi connectivity index (χ2v) is 8.11. The standard InChI is InChI=1S/C13H13Cl2NO4S2/c1-19-9-4-2-3-5-10(9)20-7-6-16-22(17,18)11-8-12(14)21-13(11)15/h2-5,8,16H,6-7H2,1H3. The van der Waals surface area contributed by atoms with Crippen LogP contribution < -0.4 is 14.2 Å². The van der Waals surface area contributed by atoms with Gasteiger partial charge in [-0.3, -0.25) is 0 Å². The number of rotatable bonds is 7. The summed E-state index contributed by atoms with van der Waals surface area (Å²) in [5.74, 6) is 1.12. The van der Waals surface area contributed by atoms with Crippen molar-refractivity contribution in [2.24, 2.45) is 0 Å². The first-order chi connectivity index (χ1) is 10.4. The van der Waals surface area contributed by atoms with Crippen LogP contribution in [0.5, 0.6) is 11.5 Å². The van der Waals surface area contributed by atoms with Crippen molar-refractivity contribution in [1.29, 1.82) is 0 Å². The molecule has 0 amide bonds. The lowest BCUT2D eigenvalue weighted by Gasteiger charge is -2.10. The molecular weight excluding hydrogens is 369 g/mol. The SMILES string of the molecule is COc1ccccc1OCCNS(=O)(=O)c1cc(Cl)sc1Cl.